The summed E-state index contributed by atoms with van der Waals surface area (Å²) in [4.78, 5) is 0. The maximum absolute atomic E-state index is 12.0. The molecule has 2 heterocycles. The lowest BCUT2D eigenvalue weighted by Gasteiger charge is -2.16. The third-order valence-electron chi connectivity index (χ3n) is 2.69. The number of hydrogen-bond donors (Lipinski definition) is 1. The minimum atomic E-state index is -5.25. The van der Waals surface area contributed by atoms with Crippen LogP contribution < -0.4 is 4.72 Å². The fourth-order valence-electron chi connectivity index (χ4n) is 1.86. The van der Waals surface area contributed by atoms with Gasteiger partial charge < -0.3 is 4.74 Å². The zero-order valence-corrected chi connectivity index (χ0v) is 8.88. The monoisotopic (exact) mass is 257 g/mol. The number of hydrogen-bond acceptors (Lipinski definition) is 3. The molecule has 2 rings (SSSR count). The number of sulfonamides is 1. The summed E-state index contributed by atoms with van der Waals surface area (Å²) in [5.74, 6) is -0.216. The molecule has 2 bridgehead atoms. The summed E-state index contributed by atoms with van der Waals surface area (Å²) in [6, 6.07) is 0. The molecule has 0 aromatic heterocycles. The van der Waals surface area contributed by atoms with Crippen LogP contribution in [0.2, 0.25) is 0 Å². The Morgan fingerprint density at radius 3 is 2.50 bits per heavy atom. The van der Waals surface area contributed by atoms with Gasteiger partial charge in [-0.3, -0.25) is 0 Å². The van der Waals surface area contributed by atoms with Gasteiger partial charge in [-0.25, -0.2) is 13.1 Å². The van der Waals surface area contributed by atoms with Crippen molar-refractivity contribution in [1.82, 2.24) is 4.72 Å². The standard InChI is InChI=1S/C8H10F3NO3S/c9-8(10,11)16(13,14)12-4-5-3-6-1-2-7(5)15-6/h1-2,5-7,12H,3-4H2. The van der Waals surface area contributed by atoms with Crippen LogP contribution in [0.15, 0.2) is 12.2 Å². The summed E-state index contributed by atoms with van der Waals surface area (Å²) in [5.41, 5.74) is -5.25. The molecule has 2 aliphatic heterocycles. The molecule has 0 radical (unpaired) electrons. The second-order valence-corrected chi connectivity index (χ2v) is 5.58. The Balaban J connectivity index is 1.92. The molecular formula is C8H10F3NO3S. The van der Waals surface area contributed by atoms with Gasteiger partial charge in [-0.1, -0.05) is 12.2 Å². The van der Waals surface area contributed by atoms with Crippen LogP contribution >= 0.6 is 0 Å². The van der Waals surface area contributed by atoms with Gasteiger partial charge in [0.05, 0.1) is 12.2 Å². The lowest BCUT2D eigenvalue weighted by atomic mass is 9.95. The molecule has 0 saturated carbocycles. The molecular weight excluding hydrogens is 247 g/mol. The Labute approximate surface area is 90.5 Å². The van der Waals surface area contributed by atoms with Crippen LogP contribution in [0.5, 0.6) is 0 Å². The van der Waals surface area contributed by atoms with Crippen molar-refractivity contribution in [2.75, 3.05) is 6.54 Å². The van der Waals surface area contributed by atoms with Crippen molar-refractivity contribution < 1.29 is 26.3 Å². The van der Waals surface area contributed by atoms with E-state index in [1.165, 1.54) is 0 Å². The third kappa shape index (κ3) is 2.09. The fraction of sp³-hybridized carbons (Fsp3) is 0.750. The molecule has 0 aliphatic carbocycles. The second kappa shape index (κ2) is 3.71. The lowest BCUT2D eigenvalue weighted by Crippen LogP contribution is -2.40. The molecule has 92 valence electrons. The highest BCUT2D eigenvalue weighted by Gasteiger charge is 2.46. The van der Waals surface area contributed by atoms with E-state index >= 15 is 0 Å². The summed E-state index contributed by atoms with van der Waals surface area (Å²) in [7, 11) is -5.23. The summed E-state index contributed by atoms with van der Waals surface area (Å²) < 4.78 is 64.3. The Morgan fingerprint density at radius 1 is 1.38 bits per heavy atom. The van der Waals surface area contributed by atoms with E-state index in [1.54, 1.807) is 10.8 Å². The number of rotatable bonds is 3. The van der Waals surface area contributed by atoms with Crippen molar-refractivity contribution in [3.63, 3.8) is 0 Å². The van der Waals surface area contributed by atoms with E-state index in [2.05, 4.69) is 0 Å². The topological polar surface area (TPSA) is 55.4 Å². The van der Waals surface area contributed by atoms with Gasteiger partial charge in [0.25, 0.3) is 0 Å². The Morgan fingerprint density at radius 2 is 2.06 bits per heavy atom. The van der Waals surface area contributed by atoms with Crippen LogP contribution in [0.4, 0.5) is 13.2 Å². The van der Waals surface area contributed by atoms with Gasteiger partial charge in [0, 0.05) is 12.5 Å². The van der Waals surface area contributed by atoms with Crippen LogP contribution in [-0.2, 0) is 14.8 Å². The molecule has 1 saturated heterocycles. The van der Waals surface area contributed by atoms with Crippen molar-refractivity contribution >= 4 is 10.0 Å². The van der Waals surface area contributed by atoms with Gasteiger partial charge >= 0.3 is 15.5 Å². The van der Waals surface area contributed by atoms with E-state index in [0.717, 1.165) is 0 Å². The molecule has 0 spiro atoms. The lowest BCUT2D eigenvalue weighted by molar-refractivity contribution is -0.0449. The van der Waals surface area contributed by atoms with Crippen LogP contribution in [0.3, 0.4) is 0 Å². The molecule has 4 nitrogen and oxygen atoms in total. The smallest absolute Gasteiger partial charge is 0.367 e. The molecule has 16 heavy (non-hydrogen) atoms. The maximum atomic E-state index is 12.0. The first-order valence-electron chi connectivity index (χ1n) is 4.69. The molecule has 0 amide bonds. The molecule has 3 atom stereocenters. The molecule has 0 aromatic rings. The normalized spacial score (nSPS) is 33.6. The SMILES string of the molecule is O=S(=O)(NCC1CC2C=CC1O2)C(F)(F)F. The number of halogens is 3. The first-order chi connectivity index (χ1) is 7.29. The fourth-order valence-corrected chi connectivity index (χ4v) is 2.46. The van der Waals surface area contributed by atoms with Crippen LogP contribution in [0.1, 0.15) is 6.42 Å². The average molecular weight is 257 g/mol. The first-order valence-corrected chi connectivity index (χ1v) is 6.17. The highest BCUT2D eigenvalue weighted by Crippen LogP contribution is 2.33. The van der Waals surface area contributed by atoms with E-state index in [9.17, 15) is 21.6 Å². The van der Waals surface area contributed by atoms with E-state index in [0.29, 0.717) is 6.42 Å². The van der Waals surface area contributed by atoms with Crippen LogP contribution in [0, 0.1) is 5.92 Å². The number of alkyl halides is 3. The second-order valence-electron chi connectivity index (χ2n) is 3.82. The number of nitrogens with one attached hydrogen (secondary N) is 1. The van der Waals surface area contributed by atoms with Gasteiger partial charge in [0.15, 0.2) is 0 Å². The molecule has 3 unspecified atom stereocenters. The molecule has 0 aromatic carbocycles. The van der Waals surface area contributed by atoms with Gasteiger partial charge in [-0.15, -0.1) is 0 Å². The maximum Gasteiger partial charge on any atom is 0.511 e. The van der Waals surface area contributed by atoms with Crippen molar-refractivity contribution in [3.05, 3.63) is 12.2 Å². The van der Waals surface area contributed by atoms with Crippen molar-refractivity contribution in [1.29, 1.82) is 0 Å². The average Bonchev–Trinajstić information content (AvgIpc) is 2.73. The molecule has 1 fully saturated rings. The van der Waals surface area contributed by atoms with Gasteiger partial charge in [-0.05, 0) is 6.42 Å². The largest absolute Gasteiger partial charge is 0.511 e. The highest BCUT2D eigenvalue weighted by atomic mass is 32.2. The summed E-state index contributed by atoms with van der Waals surface area (Å²) >= 11 is 0. The third-order valence-corrected chi connectivity index (χ3v) is 3.84. The van der Waals surface area contributed by atoms with E-state index < -0.39 is 15.5 Å². The molecule has 8 heteroatoms. The summed E-state index contributed by atoms with van der Waals surface area (Å²) in [5, 5.41) is 0. The minimum Gasteiger partial charge on any atom is -0.367 e. The summed E-state index contributed by atoms with van der Waals surface area (Å²) in [6.45, 7) is -0.243. The zero-order valence-electron chi connectivity index (χ0n) is 8.07. The van der Waals surface area contributed by atoms with Crippen LogP contribution in [0.25, 0.3) is 0 Å². The molecule has 1 N–H and O–H groups in total. The predicted molar refractivity (Wildman–Crippen MR) is 48.9 cm³/mol. The van der Waals surface area contributed by atoms with E-state index in [4.69, 9.17) is 4.74 Å². The predicted octanol–water partition coefficient (Wildman–Crippen LogP) is 0.769. The zero-order chi connectivity index (χ0) is 12.0. The van der Waals surface area contributed by atoms with Crippen LogP contribution in [-0.4, -0.2) is 32.7 Å². The minimum absolute atomic E-state index is 0.0783. The van der Waals surface area contributed by atoms with Gasteiger partial charge in [0.2, 0.25) is 0 Å². The van der Waals surface area contributed by atoms with Gasteiger partial charge in [0.1, 0.15) is 0 Å². The Bertz CT molecular complexity index is 403. The highest BCUT2D eigenvalue weighted by molar-refractivity contribution is 7.90. The van der Waals surface area contributed by atoms with Crippen molar-refractivity contribution in [2.24, 2.45) is 5.92 Å². The van der Waals surface area contributed by atoms with Gasteiger partial charge in [-0.2, -0.15) is 13.2 Å². The van der Waals surface area contributed by atoms with E-state index in [-0.39, 0.29) is 24.7 Å². The van der Waals surface area contributed by atoms with Crippen molar-refractivity contribution in [2.45, 2.75) is 24.1 Å². The Hall–Kier alpha value is -0.600. The number of ether oxygens (including phenoxy) is 1. The molecule has 2 aliphatic rings. The summed E-state index contributed by atoms with van der Waals surface area (Å²) in [6.07, 6.45) is 3.80. The first kappa shape index (κ1) is 11.9. The quantitative estimate of drug-likeness (QED) is 0.760. The Kier molecular flexibility index (Phi) is 2.75. The number of fused-ring (bicyclic) bond motifs is 2. The van der Waals surface area contributed by atoms with Crippen molar-refractivity contribution in [3.8, 4) is 0 Å². The van der Waals surface area contributed by atoms with E-state index in [1.807, 2.05) is 6.08 Å².